The molecule has 0 aliphatic carbocycles. The Morgan fingerprint density at radius 3 is 2.85 bits per heavy atom. The molecule has 1 aliphatic rings. The highest BCUT2D eigenvalue weighted by Crippen LogP contribution is 2.24. The molecular weight excluding hydrogens is 246 g/mol. The first-order valence-electron chi connectivity index (χ1n) is 6.79. The van der Waals surface area contributed by atoms with E-state index in [4.69, 9.17) is 0 Å². The number of anilines is 1. The Hall–Kier alpha value is -2.42. The fourth-order valence-corrected chi connectivity index (χ4v) is 2.54. The van der Waals surface area contributed by atoms with Crippen LogP contribution < -0.4 is 9.47 Å². The summed E-state index contributed by atoms with van der Waals surface area (Å²) in [4.78, 5) is 6.42. The Kier molecular flexibility index (Phi) is 3.33. The molecule has 0 spiro atoms. The normalized spacial score (nSPS) is 13.8. The van der Waals surface area contributed by atoms with E-state index in [1.54, 1.807) is 0 Å². The Balaban J connectivity index is 2.08. The van der Waals surface area contributed by atoms with Crippen molar-refractivity contribution in [1.82, 2.24) is 4.98 Å². The Labute approximate surface area is 119 Å². The van der Waals surface area contributed by atoms with Gasteiger partial charge in [0.05, 0.1) is 18.1 Å². The van der Waals surface area contributed by atoms with E-state index in [9.17, 15) is 0 Å². The second kappa shape index (κ2) is 5.29. The van der Waals surface area contributed by atoms with Gasteiger partial charge >= 0.3 is 0 Å². The SMILES string of the molecule is Cc1c(N2C=CC=CC2)cccc1-[n+]1ccncc1C. The van der Waals surface area contributed by atoms with Crippen LogP contribution in [-0.2, 0) is 0 Å². The van der Waals surface area contributed by atoms with Crippen molar-refractivity contribution in [2.75, 3.05) is 11.4 Å². The van der Waals surface area contributed by atoms with E-state index in [-0.39, 0.29) is 0 Å². The van der Waals surface area contributed by atoms with Crippen LogP contribution in [0.4, 0.5) is 5.69 Å². The van der Waals surface area contributed by atoms with E-state index >= 15 is 0 Å². The number of nitrogens with zero attached hydrogens (tertiary/aromatic N) is 3. The van der Waals surface area contributed by atoms with Crippen LogP contribution in [0.25, 0.3) is 5.69 Å². The lowest BCUT2D eigenvalue weighted by Crippen LogP contribution is -2.35. The van der Waals surface area contributed by atoms with E-state index in [0.717, 1.165) is 12.2 Å². The molecule has 0 unspecified atom stereocenters. The van der Waals surface area contributed by atoms with Gasteiger partial charge in [-0.3, -0.25) is 4.98 Å². The number of allylic oxidation sites excluding steroid dienone is 2. The second-order valence-corrected chi connectivity index (χ2v) is 4.93. The minimum Gasteiger partial charge on any atom is -0.344 e. The Bertz CT molecular complexity index is 686. The van der Waals surface area contributed by atoms with Gasteiger partial charge in [0.2, 0.25) is 11.4 Å². The van der Waals surface area contributed by atoms with Gasteiger partial charge in [-0.15, -0.1) is 0 Å². The third kappa shape index (κ3) is 2.23. The molecule has 1 aliphatic heterocycles. The molecule has 3 nitrogen and oxygen atoms in total. The molecule has 0 bridgehead atoms. The van der Waals surface area contributed by atoms with Crippen molar-refractivity contribution in [1.29, 1.82) is 0 Å². The monoisotopic (exact) mass is 264 g/mol. The molecule has 100 valence electrons. The average molecular weight is 264 g/mol. The molecule has 2 heterocycles. The van der Waals surface area contributed by atoms with Crippen molar-refractivity contribution in [3.63, 3.8) is 0 Å². The lowest BCUT2D eigenvalue weighted by molar-refractivity contribution is -0.603. The summed E-state index contributed by atoms with van der Waals surface area (Å²) in [7, 11) is 0. The zero-order valence-corrected chi connectivity index (χ0v) is 11.8. The summed E-state index contributed by atoms with van der Waals surface area (Å²) in [6, 6.07) is 6.42. The van der Waals surface area contributed by atoms with Gasteiger partial charge in [-0.05, 0) is 19.1 Å². The highest BCUT2D eigenvalue weighted by molar-refractivity contribution is 5.61. The number of hydrogen-bond acceptors (Lipinski definition) is 2. The molecule has 0 fully saturated rings. The van der Waals surface area contributed by atoms with Crippen LogP contribution in [-0.4, -0.2) is 11.5 Å². The summed E-state index contributed by atoms with van der Waals surface area (Å²) < 4.78 is 2.18. The Morgan fingerprint density at radius 1 is 1.20 bits per heavy atom. The minimum atomic E-state index is 0.917. The minimum absolute atomic E-state index is 0.917. The summed E-state index contributed by atoms with van der Waals surface area (Å²) in [5, 5.41) is 0. The molecule has 0 amide bonds. The number of rotatable bonds is 2. The van der Waals surface area contributed by atoms with E-state index in [0.29, 0.717) is 0 Å². The summed E-state index contributed by atoms with van der Waals surface area (Å²) in [5.41, 5.74) is 4.84. The quantitative estimate of drug-likeness (QED) is 0.777. The maximum absolute atomic E-state index is 4.16. The van der Waals surface area contributed by atoms with Crippen LogP contribution in [0.5, 0.6) is 0 Å². The summed E-state index contributed by atoms with van der Waals surface area (Å²) in [6.07, 6.45) is 14.1. The third-order valence-corrected chi connectivity index (χ3v) is 3.60. The molecule has 0 atom stereocenters. The van der Waals surface area contributed by atoms with E-state index < -0.39 is 0 Å². The molecule has 2 aromatic rings. The summed E-state index contributed by atoms with van der Waals surface area (Å²) in [5.74, 6) is 0. The maximum Gasteiger partial charge on any atom is 0.215 e. The molecule has 1 aromatic carbocycles. The number of aryl methyl sites for hydroxylation is 1. The first kappa shape index (κ1) is 12.6. The van der Waals surface area contributed by atoms with Crippen LogP contribution in [0.2, 0.25) is 0 Å². The van der Waals surface area contributed by atoms with Crippen molar-refractivity contribution < 1.29 is 4.57 Å². The molecule has 3 rings (SSSR count). The highest BCUT2D eigenvalue weighted by Gasteiger charge is 2.17. The zero-order chi connectivity index (χ0) is 13.9. The van der Waals surface area contributed by atoms with Gasteiger partial charge in [0, 0.05) is 31.3 Å². The van der Waals surface area contributed by atoms with Crippen LogP contribution in [0, 0.1) is 13.8 Å². The van der Waals surface area contributed by atoms with Crippen molar-refractivity contribution in [2.45, 2.75) is 13.8 Å². The van der Waals surface area contributed by atoms with Gasteiger partial charge in [0.15, 0.2) is 6.20 Å². The van der Waals surface area contributed by atoms with Crippen molar-refractivity contribution in [2.24, 2.45) is 0 Å². The summed E-state index contributed by atoms with van der Waals surface area (Å²) >= 11 is 0. The molecular formula is C17H18N3+. The van der Waals surface area contributed by atoms with Crippen molar-refractivity contribution >= 4 is 5.69 Å². The Morgan fingerprint density at radius 2 is 2.10 bits per heavy atom. The van der Waals surface area contributed by atoms with Crippen LogP contribution >= 0.6 is 0 Å². The molecule has 0 N–H and O–H groups in total. The molecule has 3 heteroatoms. The molecule has 1 aromatic heterocycles. The van der Waals surface area contributed by atoms with Crippen LogP contribution in [0.15, 0.2) is 61.2 Å². The van der Waals surface area contributed by atoms with Gasteiger partial charge in [-0.1, -0.05) is 18.2 Å². The summed E-state index contributed by atoms with van der Waals surface area (Å²) in [6.45, 7) is 5.16. The third-order valence-electron chi connectivity index (χ3n) is 3.60. The number of aromatic nitrogens is 2. The predicted molar refractivity (Wildman–Crippen MR) is 80.9 cm³/mol. The first-order chi connectivity index (χ1) is 9.77. The van der Waals surface area contributed by atoms with Gasteiger partial charge in [-0.25, -0.2) is 0 Å². The molecule has 0 radical (unpaired) electrons. The smallest absolute Gasteiger partial charge is 0.215 e. The lowest BCUT2D eigenvalue weighted by atomic mass is 10.1. The standard InChI is InChI=1S/C17H18N3/c1-14-13-18-9-12-20(14)17-8-6-7-16(15(17)2)19-10-4-3-5-11-19/h3-10,12-13H,11H2,1-2H3/q+1. The van der Waals surface area contributed by atoms with Gasteiger partial charge in [0.1, 0.15) is 0 Å². The molecule has 20 heavy (non-hydrogen) atoms. The fourth-order valence-electron chi connectivity index (χ4n) is 2.54. The van der Waals surface area contributed by atoms with Crippen LogP contribution in [0.3, 0.4) is 0 Å². The second-order valence-electron chi connectivity index (χ2n) is 4.93. The van der Waals surface area contributed by atoms with Crippen LogP contribution in [0.1, 0.15) is 11.3 Å². The lowest BCUT2D eigenvalue weighted by Gasteiger charge is -2.22. The zero-order valence-electron chi connectivity index (χ0n) is 11.8. The largest absolute Gasteiger partial charge is 0.344 e. The van der Waals surface area contributed by atoms with Crippen molar-refractivity contribution in [3.8, 4) is 5.69 Å². The topological polar surface area (TPSA) is 20.0 Å². The van der Waals surface area contributed by atoms with Gasteiger partial charge < -0.3 is 4.90 Å². The highest BCUT2D eigenvalue weighted by atomic mass is 15.1. The molecule has 0 saturated carbocycles. The first-order valence-corrected chi connectivity index (χ1v) is 6.79. The van der Waals surface area contributed by atoms with Gasteiger partial charge in [-0.2, -0.15) is 4.57 Å². The van der Waals surface area contributed by atoms with Crippen molar-refractivity contribution in [3.05, 3.63) is 72.5 Å². The maximum atomic E-state index is 4.16. The van der Waals surface area contributed by atoms with E-state index in [2.05, 4.69) is 70.9 Å². The fraction of sp³-hybridized carbons (Fsp3) is 0.176. The van der Waals surface area contributed by atoms with E-state index in [1.807, 2.05) is 18.6 Å². The van der Waals surface area contributed by atoms with Gasteiger partial charge in [0.25, 0.3) is 0 Å². The number of hydrogen-bond donors (Lipinski definition) is 0. The van der Waals surface area contributed by atoms with E-state index in [1.165, 1.54) is 16.9 Å². The predicted octanol–water partition coefficient (Wildman–Crippen LogP) is 2.87. The average Bonchev–Trinajstić information content (AvgIpc) is 2.49. The number of benzene rings is 1. The molecule has 0 saturated heterocycles.